The van der Waals surface area contributed by atoms with Crippen LogP contribution in [-0.4, -0.2) is 45.1 Å². The van der Waals surface area contributed by atoms with Gasteiger partial charge in [0.1, 0.15) is 6.10 Å². The lowest BCUT2D eigenvalue weighted by Crippen LogP contribution is -2.39. The summed E-state index contributed by atoms with van der Waals surface area (Å²) in [5.41, 5.74) is 2.83. The van der Waals surface area contributed by atoms with E-state index in [1.54, 1.807) is 0 Å². The lowest BCUT2D eigenvalue weighted by atomic mass is 9.87. The van der Waals surface area contributed by atoms with Gasteiger partial charge in [0, 0.05) is 30.9 Å². The van der Waals surface area contributed by atoms with Crippen LogP contribution < -0.4 is 10.1 Å². The van der Waals surface area contributed by atoms with E-state index in [0.29, 0.717) is 31.1 Å². The molecule has 1 aliphatic heterocycles. The molecule has 0 bridgehead atoms. The second-order valence-electron chi connectivity index (χ2n) is 8.37. The molecule has 0 atom stereocenters. The molecule has 152 valence electrons. The summed E-state index contributed by atoms with van der Waals surface area (Å²) in [6.07, 6.45) is 8.75. The summed E-state index contributed by atoms with van der Waals surface area (Å²) in [6.45, 7) is 3.53. The number of nitrogens with one attached hydrogen (secondary N) is 1. The topological polar surface area (TPSA) is 74.1 Å². The maximum atomic E-state index is 6.16. The molecule has 0 unspecified atom stereocenters. The Balaban J connectivity index is 1.44. The Morgan fingerprint density at radius 3 is 2.76 bits per heavy atom. The molecule has 2 fully saturated rings. The van der Waals surface area contributed by atoms with E-state index in [0.717, 1.165) is 40.8 Å². The van der Waals surface area contributed by atoms with E-state index in [2.05, 4.69) is 40.5 Å². The zero-order chi connectivity index (χ0) is 19.8. The Bertz CT molecular complexity index is 1010. The van der Waals surface area contributed by atoms with Crippen molar-refractivity contribution in [3.05, 3.63) is 30.6 Å². The fourth-order valence-electron chi connectivity index (χ4n) is 4.06. The van der Waals surface area contributed by atoms with Gasteiger partial charge < -0.3 is 14.8 Å². The number of fused-ring (bicyclic) bond motifs is 1. The van der Waals surface area contributed by atoms with Crippen LogP contribution >= 0.6 is 0 Å². The van der Waals surface area contributed by atoms with Crippen molar-refractivity contribution < 1.29 is 9.47 Å². The quantitative estimate of drug-likeness (QED) is 0.711. The molecule has 0 amide bonds. The number of nitrogens with zero attached hydrogens (tertiary/aromatic N) is 4. The highest BCUT2D eigenvalue weighted by molar-refractivity contribution is 5.84. The van der Waals surface area contributed by atoms with Crippen LogP contribution in [0.15, 0.2) is 30.6 Å². The first-order chi connectivity index (χ1) is 14.1. The zero-order valence-corrected chi connectivity index (χ0v) is 17.0. The minimum atomic E-state index is 0.0469. The summed E-state index contributed by atoms with van der Waals surface area (Å²) in [4.78, 5) is 9.35. The van der Waals surface area contributed by atoms with Crippen LogP contribution in [0.5, 0.6) is 5.88 Å². The van der Waals surface area contributed by atoms with Gasteiger partial charge >= 0.3 is 0 Å². The predicted octanol–water partition coefficient (Wildman–Crippen LogP) is 3.80. The third-order valence-electron chi connectivity index (χ3n) is 5.92. The molecule has 0 radical (unpaired) electrons. The van der Waals surface area contributed by atoms with Gasteiger partial charge in [0.2, 0.25) is 11.8 Å². The van der Waals surface area contributed by atoms with Crippen LogP contribution in [0.25, 0.3) is 22.0 Å². The largest absolute Gasteiger partial charge is 0.469 e. The van der Waals surface area contributed by atoms with Crippen molar-refractivity contribution in [2.75, 3.05) is 18.5 Å². The van der Waals surface area contributed by atoms with Crippen LogP contribution in [0.4, 0.5) is 5.95 Å². The minimum Gasteiger partial charge on any atom is -0.469 e. The molecule has 2 aromatic heterocycles. The van der Waals surface area contributed by atoms with Crippen LogP contribution in [-0.2, 0) is 11.8 Å². The Kier molecular flexibility index (Phi) is 4.83. The average Bonchev–Trinajstić information content (AvgIpc) is 3.06. The van der Waals surface area contributed by atoms with Crippen molar-refractivity contribution in [2.24, 2.45) is 13.0 Å². The second kappa shape index (κ2) is 7.63. The molecule has 7 nitrogen and oxygen atoms in total. The Morgan fingerprint density at radius 2 is 2.00 bits per heavy atom. The highest BCUT2D eigenvalue weighted by atomic mass is 16.6. The standard InChI is InChI=1S/C22H27N5O2/c1-14-3-7-17(8-4-14)24-22-23-10-19(21(25-22)29-18-12-28-13-18)15-5-6-16-11-27(2)26-20(16)9-15/h5-6,9-11,14,17-18H,3-4,7-8,12-13H2,1-2H3,(H,23,24,25). The molecule has 7 heteroatoms. The van der Waals surface area contributed by atoms with Gasteiger partial charge in [-0.3, -0.25) is 4.68 Å². The molecule has 0 spiro atoms. The Hall–Kier alpha value is -2.67. The SMILES string of the molecule is CC1CCC(Nc2ncc(-c3ccc4cn(C)nc4c3)c(OC3COC3)n2)CC1. The number of aromatic nitrogens is 4. The lowest BCUT2D eigenvalue weighted by molar-refractivity contribution is -0.0810. The molecule has 3 heterocycles. The smallest absolute Gasteiger partial charge is 0.226 e. The monoisotopic (exact) mass is 393 g/mol. The number of benzene rings is 1. The van der Waals surface area contributed by atoms with Gasteiger partial charge in [-0.15, -0.1) is 0 Å². The van der Waals surface area contributed by atoms with Gasteiger partial charge in [-0.2, -0.15) is 10.1 Å². The number of anilines is 1. The fraction of sp³-hybridized carbons (Fsp3) is 0.500. The minimum absolute atomic E-state index is 0.0469. The van der Waals surface area contributed by atoms with E-state index in [9.17, 15) is 0 Å². The van der Waals surface area contributed by atoms with Crippen molar-refractivity contribution in [1.29, 1.82) is 0 Å². The van der Waals surface area contributed by atoms with E-state index in [1.807, 2.05) is 24.1 Å². The third kappa shape index (κ3) is 3.92. The molecule has 1 saturated carbocycles. The highest BCUT2D eigenvalue weighted by Gasteiger charge is 2.24. The molecular formula is C22H27N5O2. The summed E-state index contributed by atoms with van der Waals surface area (Å²) in [5, 5.41) is 9.14. The Morgan fingerprint density at radius 1 is 1.17 bits per heavy atom. The van der Waals surface area contributed by atoms with Crippen LogP contribution in [0.2, 0.25) is 0 Å². The fourth-order valence-corrected chi connectivity index (χ4v) is 4.06. The predicted molar refractivity (Wildman–Crippen MR) is 112 cm³/mol. The molecule has 2 aliphatic rings. The van der Waals surface area contributed by atoms with E-state index in [1.165, 1.54) is 12.8 Å². The summed E-state index contributed by atoms with van der Waals surface area (Å²) in [6, 6.07) is 6.64. The van der Waals surface area contributed by atoms with E-state index in [-0.39, 0.29) is 6.10 Å². The van der Waals surface area contributed by atoms with Gasteiger partial charge in [-0.05, 0) is 43.2 Å². The summed E-state index contributed by atoms with van der Waals surface area (Å²) in [5.74, 6) is 2.06. The molecule has 1 N–H and O–H groups in total. The molecule has 1 aromatic carbocycles. The van der Waals surface area contributed by atoms with Crippen molar-refractivity contribution in [2.45, 2.75) is 44.8 Å². The van der Waals surface area contributed by atoms with Gasteiger partial charge in [0.05, 0.1) is 24.3 Å². The molecular weight excluding hydrogens is 366 g/mol. The van der Waals surface area contributed by atoms with Gasteiger partial charge in [0.15, 0.2) is 0 Å². The van der Waals surface area contributed by atoms with Crippen LogP contribution in [0, 0.1) is 5.92 Å². The number of aryl methyl sites for hydroxylation is 1. The van der Waals surface area contributed by atoms with Crippen molar-refractivity contribution in [3.63, 3.8) is 0 Å². The number of rotatable bonds is 5. The third-order valence-corrected chi connectivity index (χ3v) is 5.92. The van der Waals surface area contributed by atoms with Gasteiger partial charge in [-0.25, -0.2) is 4.98 Å². The normalized spacial score (nSPS) is 22.4. The first-order valence-corrected chi connectivity index (χ1v) is 10.5. The molecule has 1 aliphatic carbocycles. The Labute approximate surface area is 170 Å². The van der Waals surface area contributed by atoms with E-state index < -0.39 is 0 Å². The molecule has 3 aromatic rings. The van der Waals surface area contributed by atoms with Crippen LogP contribution in [0.1, 0.15) is 32.6 Å². The maximum absolute atomic E-state index is 6.16. The van der Waals surface area contributed by atoms with Crippen molar-refractivity contribution >= 4 is 16.9 Å². The zero-order valence-electron chi connectivity index (χ0n) is 17.0. The highest BCUT2D eigenvalue weighted by Crippen LogP contribution is 2.33. The second-order valence-corrected chi connectivity index (χ2v) is 8.37. The maximum Gasteiger partial charge on any atom is 0.226 e. The molecule has 29 heavy (non-hydrogen) atoms. The van der Waals surface area contributed by atoms with E-state index in [4.69, 9.17) is 14.5 Å². The van der Waals surface area contributed by atoms with E-state index >= 15 is 0 Å². The van der Waals surface area contributed by atoms with Gasteiger partial charge in [0.25, 0.3) is 0 Å². The number of hydrogen-bond acceptors (Lipinski definition) is 6. The van der Waals surface area contributed by atoms with Gasteiger partial charge in [-0.1, -0.05) is 19.1 Å². The first kappa shape index (κ1) is 18.4. The first-order valence-electron chi connectivity index (χ1n) is 10.5. The molecule has 1 saturated heterocycles. The lowest BCUT2D eigenvalue weighted by Gasteiger charge is -2.28. The summed E-state index contributed by atoms with van der Waals surface area (Å²) < 4.78 is 13.3. The average molecular weight is 393 g/mol. The summed E-state index contributed by atoms with van der Waals surface area (Å²) >= 11 is 0. The van der Waals surface area contributed by atoms with Crippen LogP contribution in [0.3, 0.4) is 0 Å². The number of ether oxygens (including phenoxy) is 2. The number of hydrogen-bond donors (Lipinski definition) is 1. The molecule has 5 rings (SSSR count). The van der Waals surface area contributed by atoms with Crippen molar-refractivity contribution in [3.8, 4) is 17.0 Å². The van der Waals surface area contributed by atoms with Crippen molar-refractivity contribution in [1.82, 2.24) is 19.7 Å². The summed E-state index contributed by atoms with van der Waals surface area (Å²) in [7, 11) is 1.93.